The molecule has 1 N–H and O–H groups in total. The lowest BCUT2D eigenvalue weighted by molar-refractivity contribution is 0.402. The molecule has 0 aromatic carbocycles. The van der Waals surface area contributed by atoms with Gasteiger partial charge in [-0.25, -0.2) is 0 Å². The van der Waals surface area contributed by atoms with Gasteiger partial charge in [-0.15, -0.1) is 0 Å². The minimum Gasteiger partial charge on any atom is -0.312 e. The first-order valence-corrected chi connectivity index (χ1v) is 6.82. The van der Waals surface area contributed by atoms with Crippen LogP contribution in [0.1, 0.15) is 44.8 Å². The summed E-state index contributed by atoms with van der Waals surface area (Å²) in [6, 6.07) is 1.95. The van der Waals surface area contributed by atoms with Crippen molar-refractivity contribution in [3.05, 3.63) is 28.0 Å². The van der Waals surface area contributed by atoms with E-state index in [0.717, 1.165) is 12.1 Å². The summed E-state index contributed by atoms with van der Waals surface area (Å²) in [7, 11) is 1.94. The molecule has 0 aliphatic carbocycles. The number of rotatable bonds is 6. The largest absolute Gasteiger partial charge is 0.312 e. The average Bonchev–Trinajstić information content (AvgIpc) is 2.27. The number of hydrogen-bond donors (Lipinski definition) is 1. The lowest BCUT2D eigenvalue weighted by Gasteiger charge is -2.20. The van der Waals surface area contributed by atoms with Gasteiger partial charge in [-0.2, -0.15) is 0 Å². The van der Waals surface area contributed by atoms with Crippen molar-refractivity contribution in [2.75, 3.05) is 7.05 Å². The van der Waals surface area contributed by atoms with Crippen molar-refractivity contribution in [2.45, 2.75) is 39.2 Å². The standard InChI is InChI=1S/C13H20Cl2N2/c1-4-5-9(2)6-12(16-3)13-11(15)7-10(14)8-17-13/h7-9,12,16H,4-6H2,1-3H3. The highest BCUT2D eigenvalue weighted by Crippen LogP contribution is 2.28. The number of nitrogens with one attached hydrogen (secondary N) is 1. The zero-order chi connectivity index (χ0) is 12.8. The Balaban J connectivity index is 2.79. The molecule has 4 heteroatoms. The third kappa shape index (κ3) is 4.46. The van der Waals surface area contributed by atoms with E-state index in [-0.39, 0.29) is 6.04 Å². The molecule has 1 aromatic heterocycles. The molecule has 0 aliphatic heterocycles. The second-order valence-corrected chi connectivity index (χ2v) is 5.34. The van der Waals surface area contributed by atoms with Crippen LogP contribution in [0.3, 0.4) is 0 Å². The SMILES string of the molecule is CCCC(C)CC(NC)c1ncc(Cl)cc1Cl. The van der Waals surface area contributed by atoms with Crippen molar-refractivity contribution in [3.63, 3.8) is 0 Å². The fourth-order valence-electron chi connectivity index (χ4n) is 2.06. The maximum absolute atomic E-state index is 6.18. The Morgan fingerprint density at radius 1 is 1.41 bits per heavy atom. The van der Waals surface area contributed by atoms with Crippen LogP contribution in [0.5, 0.6) is 0 Å². The first-order chi connectivity index (χ1) is 8.08. The Labute approximate surface area is 114 Å². The molecule has 2 atom stereocenters. The van der Waals surface area contributed by atoms with Crippen molar-refractivity contribution in [1.29, 1.82) is 0 Å². The average molecular weight is 275 g/mol. The van der Waals surface area contributed by atoms with E-state index in [2.05, 4.69) is 24.1 Å². The molecule has 0 radical (unpaired) electrons. The van der Waals surface area contributed by atoms with Crippen LogP contribution in [0.15, 0.2) is 12.3 Å². The van der Waals surface area contributed by atoms with Gasteiger partial charge in [0, 0.05) is 6.20 Å². The predicted octanol–water partition coefficient (Wildman–Crippen LogP) is 4.48. The third-order valence-electron chi connectivity index (χ3n) is 2.93. The highest BCUT2D eigenvalue weighted by Gasteiger charge is 2.17. The fraction of sp³-hybridized carbons (Fsp3) is 0.615. The first kappa shape index (κ1) is 14.7. The highest BCUT2D eigenvalue weighted by molar-refractivity contribution is 6.34. The molecule has 0 saturated heterocycles. The lowest BCUT2D eigenvalue weighted by atomic mass is 9.95. The van der Waals surface area contributed by atoms with Crippen LogP contribution in [-0.4, -0.2) is 12.0 Å². The summed E-state index contributed by atoms with van der Waals surface area (Å²) in [6.45, 7) is 4.47. The fourth-order valence-corrected chi connectivity index (χ4v) is 2.57. The molecule has 96 valence electrons. The van der Waals surface area contributed by atoms with Crippen LogP contribution in [0.25, 0.3) is 0 Å². The van der Waals surface area contributed by atoms with Gasteiger partial charge in [0.15, 0.2) is 0 Å². The molecule has 2 nitrogen and oxygen atoms in total. The molecular formula is C13H20Cl2N2. The van der Waals surface area contributed by atoms with Crippen LogP contribution in [0.2, 0.25) is 10.0 Å². The van der Waals surface area contributed by atoms with Gasteiger partial charge in [-0.3, -0.25) is 4.98 Å². The Hall–Kier alpha value is -0.310. The molecule has 1 aromatic rings. The monoisotopic (exact) mass is 274 g/mol. The Kier molecular flexibility index (Phi) is 6.24. The Morgan fingerprint density at radius 3 is 2.65 bits per heavy atom. The maximum Gasteiger partial charge on any atom is 0.0760 e. The summed E-state index contributed by atoms with van der Waals surface area (Å²) in [5, 5.41) is 4.50. The predicted molar refractivity (Wildman–Crippen MR) is 74.7 cm³/mol. The smallest absolute Gasteiger partial charge is 0.0760 e. The van der Waals surface area contributed by atoms with Gasteiger partial charge < -0.3 is 5.32 Å². The first-order valence-electron chi connectivity index (χ1n) is 6.06. The normalized spacial score (nSPS) is 14.6. The Morgan fingerprint density at radius 2 is 2.12 bits per heavy atom. The zero-order valence-electron chi connectivity index (χ0n) is 10.6. The topological polar surface area (TPSA) is 24.9 Å². The highest BCUT2D eigenvalue weighted by atomic mass is 35.5. The number of pyridine rings is 1. The van der Waals surface area contributed by atoms with Gasteiger partial charge in [0.1, 0.15) is 0 Å². The van der Waals surface area contributed by atoms with Crippen molar-refractivity contribution >= 4 is 23.2 Å². The lowest BCUT2D eigenvalue weighted by Crippen LogP contribution is -2.20. The molecule has 0 fully saturated rings. The number of nitrogens with zero attached hydrogens (tertiary/aromatic N) is 1. The van der Waals surface area contributed by atoms with E-state index in [0.29, 0.717) is 16.0 Å². The van der Waals surface area contributed by atoms with Crippen LogP contribution in [0, 0.1) is 5.92 Å². The van der Waals surface area contributed by atoms with Crippen LogP contribution in [-0.2, 0) is 0 Å². The minimum absolute atomic E-state index is 0.196. The second-order valence-electron chi connectivity index (χ2n) is 4.49. The summed E-state index contributed by atoms with van der Waals surface area (Å²) < 4.78 is 0. The molecule has 0 bridgehead atoms. The molecule has 1 rings (SSSR count). The van der Waals surface area contributed by atoms with Crippen molar-refractivity contribution in [3.8, 4) is 0 Å². The summed E-state index contributed by atoms with van der Waals surface area (Å²) in [5.74, 6) is 0.658. The van der Waals surface area contributed by atoms with Crippen molar-refractivity contribution in [1.82, 2.24) is 10.3 Å². The van der Waals surface area contributed by atoms with E-state index >= 15 is 0 Å². The molecule has 0 amide bonds. The molecular weight excluding hydrogens is 255 g/mol. The van der Waals surface area contributed by atoms with Gasteiger partial charge in [-0.05, 0) is 25.5 Å². The minimum atomic E-state index is 0.196. The maximum atomic E-state index is 6.18. The van der Waals surface area contributed by atoms with Gasteiger partial charge in [-0.1, -0.05) is 49.9 Å². The summed E-state index contributed by atoms with van der Waals surface area (Å²) in [5.41, 5.74) is 0.890. The molecule has 0 aliphatic rings. The number of halogens is 2. The molecule has 0 saturated carbocycles. The van der Waals surface area contributed by atoms with Crippen molar-refractivity contribution < 1.29 is 0 Å². The Bertz CT molecular complexity index is 355. The molecule has 0 spiro atoms. The van der Waals surface area contributed by atoms with Crippen molar-refractivity contribution in [2.24, 2.45) is 5.92 Å². The van der Waals surface area contributed by atoms with E-state index in [9.17, 15) is 0 Å². The van der Waals surface area contributed by atoms with Gasteiger partial charge in [0.2, 0.25) is 0 Å². The molecule has 17 heavy (non-hydrogen) atoms. The van der Waals surface area contributed by atoms with Crippen LogP contribution < -0.4 is 5.32 Å². The summed E-state index contributed by atoms with van der Waals surface area (Å²) >= 11 is 12.0. The zero-order valence-corrected chi connectivity index (χ0v) is 12.1. The summed E-state index contributed by atoms with van der Waals surface area (Å²) in [6.07, 6.45) is 5.12. The summed E-state index contributed by atoms with van der Waals surface area (Å²) in [4.78, 5) is 4.34. The number of aromatic nitrogens is 1. The van der Waals surface area contributed by atoms with E-state index in [1.807, 2.05) is 7.05 Å². The molecule has 1 heterocycles. The van der Waals surface area contributed by atoms with Crippen LogP contribution >= 0.6 is 23.2 Å². The number of hydrogen-bond acceptors (Lipinski definition) is 2. The van der Waals surface area contributed by atoms with Gasteiger partial charge in [0.25, 0.3) is 0 Å². The van der Waals surface area contributed by atoms with E-state index in [1.54, 1.807) is 12.3 Å². The van der Waals surface area contributed by atoms with Gasteiger partial charge in [0.05, 0.1) is 21.8 Å². The molecule has 2 unspecified atom stereocenters. The van der Waals surface area contributed by atoms with Crippen LogP contribution in [0.4, 0.5) is 0 Å². The second kappa shape index (κ2) is 7.20. The van der Waals surface area contributed by atoms with E-state index in [1.165, 1.54) is 12.8 Å². The van der Waals surface area contributed by atoms with E-state index in [4.69, 9.17) is 23.2 Å². The third-order valence-corrected chi connectivity index (χ3v) is 3.44. The van der Waals surface area contributed by atoms with E-state index < -0.39 is 0 Å². The van der Waals surface area contributed by atoms with Gasteiger partial charge >= 0.3 is 0 Å². The quantitative estimate of drug-likeness (QED) is 0.828.